The molecule has 0 unspecified atom stereocenters. The molecule has 0 fully saturated rings. The van der Waals surface area contributed by atoms with E-state index in [1.54, 1.807) is 6.07 Å². The van der Waals surface area contributed by atoms with Crippen LogP contribution in [0.4, 0.5) is 41.9 Å². The maximum atomic E-state index is 13.2. The lowest BCUT2D eigenvalue weighted by molar-refractivity contribution is -0.383. The summed E-state index contributed by atoms with van der Waals surface area (Å²) >= 11 is 12.0. The fraction of sp³-hybridized carbons (Fsp3) is 0.0588. The number of benzene rings is 2. The van der Waals surface area contributed by atoms with Crippen molar-refractivity contribution in [2.75, 3.05) is 10.6 Å². The summed E-state index contributed by atoms with van der Waals surface area (Å²) in [6.07, 6.45) is -3.70. The van der Waals surface area contributed by atoms with Crippen molar-refractivity contribution in [3.05, 3.63) is 74.5 Å². The molecular weight excluding hydrogens is 434 g/mol. The molecule has 7 nitrogen and oxygen atoms in total. The van der Waals surface area contributed by atoms with Gasteiger partial charge in [0.2, 0.25) is 11.6 Å². The molecule has 0 amide bonds. The first-order valence-corrected chi connectivity index (χ1v) is 8.57. The quantitative estimate of drug-likeness (QED) is 0.360. The number of para-hydroxylation sites is 1. The lowest BCUT2D eigenvalue weighted by Crippen LogP contribution is -2.10. The van der Waals surface area contributed by atoms with Crippen molar-refractivity contribution in [1.82, 2.24) is 9.97 Å². The van der Waals surface area contributed by atoms with E-state index in [-0.39, 0.29) is 21.6 Å². The summed E-state index contributed by atoms with van der Waals surface area (Å²) in [5.41, 5.74) is -1.84. The Balaban J connectivity index is 2.05. The molecule has 1 aromatic heterocycles. The predicted molar refractivity (Wildman–Crippen MR) is 103 cm³/mol. The van der Waals surface area contributed by atoms with Crippen molar-refractivity contribution in [1.29, 1.82) is 0 Å². The van der Waals surface area contributed by atoms with Crippen LogP contribution in [0.25, 0.3) is 0 Å². The summed E-state index contributed by atoms with van der Waals surface area (Å²) in [6, 6.07) is 9.13. The fourth-order valence-electron chi connectivity index (χ4n) is 2.43. The number of aromatic nitrogens is 2. The Labute approximate surface area is 171 Å². The molecule has 0 saturated carbocycles. The number of rotatable bonds is 5. The maximum absolute atomic E-state index is 13.2. The second-order valence-electron chi connectivity index (χ2n) is 5.57. The minimum atomic E-state index is -4.67. The predicted octanol–water partition coefficient (Wildman–Crippen LogP) is 6.20. The molecule has 1 heterocycles. The smallest absolute Gasteiger partial charge is 0.334 e. The van der Waals surface area contributed by atoms with Crippen LogP contribution >= 0.6 is 23.2 Å². The number of nitro groups is 1. The van der Waals surface area contributed by atoms with E-state index >= 15 is 0 Å². The molecule has 12 heteroatoms. The summed E-state index contributed by atoms with van der Waals surface area (Å²) in [6.45, 7) is 0. The molecule has 0 bridgehead atoms. The van der Waals surface area contributed by atoms with Gasteiger partial charge in [-0.2, -0.15) is 13.2 Å². The number of nitrogens with one attached hydrogen (secondary N) is 2. The number of anilines is 4. The summed E-state index contributed by atoms with van der Waals surface area (Å²) in [7, 11) is 0. The molecule has 0 radical (unpaired) electrons. The maximum Gasteiger partial charge on any atom is 0.418 e. The van der Waals surface area contributed by atoms with Crippen LogP contribution in [0.15, 0.2) is 48.8 Å². The van der Waals surface area contributed by atoms with E-state index in [0.717, 1.165) is 18.5 Å². The van der Waals surface area contributed by atoms with Crippen LogP contribution in [0, 0.1) is 10.1 Å². The van der Waals surface area contributed by atoms with Crippen LogP contribution < -0.4 is 10.6 Å². The Bertz CT molecular complexity index is 1080. The standard InChI is InChI=1S/C17H10Cl2F3N5O2/c18-10-5-3-7-12(13(10)19)26-16-14(27(28)29)15(23-8-24-16)25-11-6-2-1-4-9(11)17(20,21)22/h1-8H,(H2,23,24,25,26). The largest absolute Gasteiger partial charge is 0.418 e. The van der Waals surface area contributed by atoms with Crippen molar-refractivity contribution >= 4 is 51.9 Å². The van der Waals surface area contributed by atoms with Crippen molar-refractivity contribution in [3.8, 4) is 0 Å². The van der Waals surface area contributed by atoms with Gasteiger partial charge in [0.15, 0.2) is 0 Å². The van der Waals surface area contributed by atoms with Crippen LogP contribution in [0.1, 0.15) is 5.56 Å². The van der Waals surface area contributed by atoms with E-state index in [4.69, 9.17) is 23.2 Å². The van der Waals surface area contributed by atoms with E-state index in [0.29, 0.717) is 0 Å². The van der Waals surface area contributed by atoms with E-state index in [2.05, 4.69) is 20.6 Å². The topological polar surface area (TPSA) is 93.0 Å². The van der Waals surface area contributed by atoms with Gasteiger partial charge in [0.05, 0.1) is 31.9 Å². The molecule has 3 aromatic rings. The molecule has 3 rings (SSSR count). The molecule has 0 aliphatic heterocycles. The van der Waals surface area contributed by atoms with Crippen molar-refractivity contribution in [2.24, 2.45) is 0 Å². The van der Waals surface area contributed by atoms with Crippen LogP contribution in [0.3, 0.4) is 0 Å². The van der Waals surface area contributed by atoms with Gasteiger partial charge in [0, 0.05) is 0 Å². The number of hydrogen-bond acceptors (Lipinski definition) is 6. The Kier molecular flexibility index (Phi) is 5.76. The minimum Gasteiger partial charge on any atom is -0.334 e. The van der Waals surface area contributed by atoms with Gasteiger partial charge in [-0.3, -0.25) is 10.1 Å². The zero-order chi connectivity index (χ0) is 21.2. The number of hydrogen-bond donors (Lipinski definition) is 2. The average Bonchev–Trinajstić information content (AvgIpc) is 2.65. The normalized spacial score (nSPS) is 11.2. The zero-order valence-corrected chi connectivity index (χ0v) is 15.7. The van der Waals surface area contributed by atoms with Gasteiger partial charge in [-0.25, -0.2) is 9.97 Å². The van der Waals surface area contributed by atoms with Gasteiger partial charge < -0.3 is 10.6 Å². The summed E-state index contributed by atoms with van der Waals surface area (Å²) in [5.74, 6) is -0.705. The Hall–Kier alpha value is -3.11. The first kappa shape index (κ1) is 20.6. The summed E-state index contributed by atoms with van der Waals surface area (Å²) in [5, 5.41) is 16.9. The number of nitrogens with zero attached hydrogens (tertiary/aromatic N) is 3. The van der Waals surface area contributed by atoms with Gasteiger partial charge in [-0.1, -0.05) is 41.4 Å². The van der Waals surface area contributed by atoms with Gasteiger partial charge in [-0.15, -0.1) is 0 Å². The monoisotopic (exact) mass is 443 g/mol. The molecular formula is C17H10Cl2F3N5O2. The zero-order valence-electron chi connectivity index (χ0n) is 14.2. The third-order valence-corrected chi connectivity index (χ3v) is 4.51. The lowest BCUT2D eigenvalue weighted by atomic mass is 10.1. The first-order chi connectivity index (χ1) is 13.7. The fourth-order valence-corrected chi connectivity index (χ4v) is 2.78. The molecule has 0 saturated heterocycles. The Morgan fingerprint density at radius 1 is 0.931 bits per heavy atom. The van der Waals surface area contributed by atoms with Crippen molar-refractivity contribution < 1.29 is 18.1 Å². The second kappa shape index (κ2) is 8.10. The average molecular weight is 444 g/mol. The number of alkyl halides is 3. The van der Waals surface area contributed by atoms with Gasteiger partial charge >= 0.3 is 11.9 Å². The van der Waals surface area contributed by atoms with Crippen molar-refractivity contribution in [2.45, 2.75) is 6.18 Å². The van der Waals surface area contributed by atoms with Gasteiger partial charge in [-0.05, 0) is 24.3 Å². The van der Waals surface area contributed by atoms with Gasteiger partial charge in [0.25, 0.3) is 0 Å². The highest BCUT2D eigenvalue weighted by atomic mass is 35.5. The molecule has 0 aliphatic rings. The Morgan fingerprint density at radius 2 is 1.52 bits per heavy atom. The van der Waals surface area contributed by atoms with Crippen LogP contribution in [-0.2, 0) is 6.18 Å². The summed E-state index contributed by atoms with van der Waals surface area (Å²) in [4.78, 5) is 18.3. The number of halogens is 5. The molecule has 0 spiro atoms. The van der Waals surface area contributed by atoms with Crippen molar-refractivity contribution in [3.63, 3.8) is 0 Å². The molecule has 2 N–H and O–H groups in total. The van der Waals surface area contributed by atoms with E-state index < -0.39 is 33.9 Å². The summed E-state index contributed by atoms with van der Waals surface area (Å²) < 4.78 is 39.6. The SMILES string of the molecule is O=[N+]([O-])c1c(Nc2ccccc2C(F)(F)F)ncnc1Nc1cccc(Cl)c1Cl. The van der Waals surface area contributed by atoms with E-state index in [9.17, 15) is 23.3 Å². The molecule has 29 heavy (non-hydrogen) atoms. The first-order valence-electron chi connectivity index (χ1n) is 7.82. The Morgan fingerprint density at radius 3 is 2.14 bits per heavy atom. The van der Waals surface area contributed by atoms with Crippen LogP contribution in [0.2, 0.25) is 10.0 Å². The molecule has 0 aliphatic carbocycles. The lowest BCUT2D eigenvalue weighted by Gasteiger charge is -2.15. The minimum absolute atomic E-state index is 0.0963. The molecule has 2 aromatic carbocycles. The van der Waals surface area contributed by atoms with E-state index in [1.165, 1.54) is 24.3 Å². The highest BCUT2D eigenvalue weighted by Crippen LogP contribution is 2.39. The van der Waals surface area contributed by atoms with Gasteiger partial charge in [0.1, 0.15) is 6.33 Å². The molecule has 0 atom stereocenters. The van der Waals surface area contributed by atoms with Crippen LogP contribution in [0.5, 0.6) is 0 Å². The third-order valence-electron chi connectivity index (χ3n) is 3.70. The highest BCUT2D eigenvalue weighted by molar-refractivity contribution is 6.43. The van der Waals surface area contributed by atoms with E-state index in [1.807, 2.05) is 0 Å². The third kappa shape index (κ3) is 4.49. The second-order valence-corrected chi connectivity index (χ2v) is 6.36. The van der Waals surface area contributed by atoms with Crippen LogP contribution in [-0.4, -0.2) is 14.9 Å². The highest BCUT2D eigenvalue weighted by Gasteiger charge is 2.34. The molecule has 150 valence electrons.